The Kier molecular flexibility index (Phi) is 6.76. The van der Waals surface area contributed by atoms with Crippen LogP contribution in [0.15, 0.2) is 53.4 Å². The van der Waals surface area contributed by atoms with Gasteiger partial charge in [0, 0.05) is 24.5 Å². The van der Waals surface area contributed by atoms with Gasteiger partial charge in [0.15, 0.2) is 0 Å². The van der Waals surface area contributed by atoms with Crippen LogP contribution >= 0.6 is 0 Å². The molecule has 1 amide bonds. The number of hydrogen-bond acceptors (Lipinski definition) is 5. The Morgan fingerprint density at radius 2 is 1.62 bits per heavy atom. The van der Waals surface area contributed by atoms with Gasteiger partial charge in [0.2, 0.25) is 15.9 Å². The number of nitrogens with zero attached hydrogens (tertiary/aromatic N) is 1. The van der Waals surface area contributed by atoms with E-state index < -0.39 is 16.1 Å². The highest BCUT2D eigenvalue weighted by Crippen LogP contribution is 2.22. The van der Waals surface area contributed by atoms with Crippen molar-refractivity contribution in [2.45, 2.75) is 37.6 Å². The summed E-state index contributed by atoms with van der Waals surface area (Å²) in [5, 5.41) is 5.94. The molecular formula is C21H27N3O4S. The Bertz CT molecular complexity index is 921. The number of ether oxygens (including phenoxy) is 1. The van der Waals surface area contributed by atoms with E-state index in [0.29, 0.717) is 25.4 Å². The average molecular weight is 418 g/mol. The van der Waals surface area contributed by atoms with Crippen LogP contribution in [0.3, 0.4) is 0 Å². The second-order valence-corrected chi connectivity index (χ2v) is 8.89. The molecule has 29 heavy (non-hydrogen) atoms. The summed E-state index contributed by atoms with van der Waals surface area (Å²) in [6.07, 6.45) is 1.79. The Labute approximate surface area is 172 Å². The van der Waals surface area contributed by atoms with Crippen molar-refractivity contribution >= 4 is 27.3 Å². The van der Waals surface area contributed by atoms with Crippen LogP contribution in [-0.2, 0) is 14.8 Å². The van der Waals surface area contributed by atoms with Crippen LogP contribution in [0.25, 0.3) is 0 Å². The fourth-order valence-electron chi connectivity index (χ4n) is 3.17. The van der Waals surface area contributed by atoms with Crippen molar-refractivity contribution in [3.05, 3.63) is 48.5 Å². The molecule has 0 saturated carbocycles. The minimum absolute atomic E-state index is 0.214. The van der Waals surface area contributed by atoms with Gasteiger partial charge in [-0.1, -0.05) is 0 Å². The van der Waals surface area contributed by atoms with Crippen LogP contribution in [0.2, 0.25) is 0 Å². The summed E-state index contributed by atoms with van der Waals surface area (Å²) in [6, 6.07) is 13.2. The summed E-state index contributed by atoms with van der Waals surface area (Å²) in [6.45, 7) is 5.42. The minimum atomic E-state index is -3.45. The molecule has 156 valence electrons. The highest BCUT2D eigenvalue weighted by Gasteiger charge is 2.27. The highest BCUT2D eigenvalue weighted by molar-refractivity contribution is 7.89. The lowest BCUT2D eigenvalue weighted by molar-refractivity contribution is -0.116. The predicted octanol–water partition coefficient (Wildman–Crippen LogP) is 3.31. The van der Waals surface area contributed by atoms with E-state index in [-0.39, 0.29) is 10.8 Å². The molecule has 8 heteroatoms. The van der Waals surface area contributed by atoms with Gasteiger partial charge in [-0.15, -0.1) is 0 Å². The molecule has 2 aromatic carbocycles. The summed E-state index contributed by atoms with van der Waals surface area (Å²) >= 11 is 0. The summed E-state index contributed by atoms with van der Waals surface area (Å²) in [5.74, 6) is 0.563. The molecular weight excluding hydrogens is 390 g/mol. The van der Waals surface area contributed by atoms with Crippen molar-refractivity contribution in [1.82, 2.24) is 4.31 Å². The van der Waals surface area contributed by atoms with Crippen LogP contribution in [0.4, 0.5) is 11.4 Å². The number of carbonyl (C=O) groups is 1. The van der Waals surface area contributed by atoms with Crippen molar-refractivity contribution in [2.75, 3.05) is 30.3 Å². The number of rotatable bonds is 8. The van der Waals surface area contributed by atoms with Crippen molar-refractivity contribution < 1.29 is 17.9 Å². The monoisotopic (exact) mass is 417 g/mol. The Hall–Kier alpha value is -2.58. The molecule has 1 aliphatic heterocycles. The first-order valence-electron chi connectivity index (χ1n) is 9.80. The first-order chi connectivity index (χ1) is 13.9. The van der Waals surface area contributed by atoms with E-state index in [1.54, 1.807) is 19.1 Å². The van der Waals surface area contributed by atoms with Gasteiger partial charge < -0.3 is 15.4 Å². The van der Waals surface area contributed by atoms with Crippen LogP contribution in [0.5, 0.6) is 5.75 Å². The largest absolute Gasteiger partial charge is 0.494 e. The lowest BCUT2D eigenvalue weighted by Crippen LogP contribution is -2.32. The maximum Gasteiger partial charge on any atom is 0.246 e. The molecule has 1 heterocycles. The number of hydrogen-bond donors (Lipinski definition) is 2. The Morgan fingerprint density at radius 3 is 2.21 bits per heavy atom. The normalized spacial score (nSPS) is 15.7. The topological polar surface area (TPSA) is 87.7 Å². The molecule has 0 aliphatic carbocycles. The summed E-state index contributed by atoms with van der Waals surface area (Å²) < 4.78 is 32.0. The maximum absolute atomic E-state index is 12.6. The molecule has 3 rings (SSSR count). The van der Waals surface area contributed by atoms with E-state index in [1.165, 1.54) is 16.4 Å². The molecule has 0 bridgehead atoms. The lowest BCUT2D eigenvalue weighted by atomic mass is 10.2. The quantitative estimate of drug-likeness (QED) is 0.688. The zero-order valence-electron chi connectivity index (χ0n) is 16.7. The van der Waals surface area contributed by atoms with Gasteiger partial charge in [-0.3, -0.25) is 4.79 Å². The molecule has 0 spiro atoms. The molecule has 1 atom stereocenters. The smallest absolute Gasteiger partial charge is 0.246 e. The fraction of sp³-hybridized carbons (Fsp3) is 0.381. The van der Waals surface area contributed by atoms with Crippen LogP contribution in [-0.4, -0.2) is 44.4 Å². The molecule has 0 unspecified atom stereocenters. The van der Waals surface area contributed by atoms with Gasteiger partial charge in [0.05, 0.1) is 11.5 Å². The number of carbonyl (C=O) groups excluding carboxylic acids is 1. The molecule has 0 radical (unpaired) electrons. The first-order valence-corrected chi connectivity index (χ1v) is 11.2. The molecule has 0 aromatic heterocycles. The zero-order valence-corrected chi connectivity index (χ0v) is 17.5. The fourth-order valence-corrected chi connectivity index (χ4v) is 4.68. The number of amides is 1. The molecule has 2 aromatic rings. The van der Waals surface area contributed by atoms with Crippen molar-refractivity contribution in [3.63, 3.8) is 0 Å². The average Bonchev–Trinajstić information content (AvgIpc) is 3.26. The van der Waals surface area contributed by atoms with E-state index in [0.717, 1.165) is 24.3 Å². The van der Waals surface area contributed by atoms with E-state index >= 15 is 0 Å². The standard InChI is InChI=1S/C21H27N3O4S/c1-3-28-19-10-6-17(7-11-19)22-16(2)21(25)23-18-8-12-20(13-9-18)29(26,27)24-14-4-5-15-24/h6-13,16,22H,3-5,14-15H2,1-2H3,(H,23,25)/t16-/m1/s1. The van der Waals surface area contributed by atoms with Crippen LogP contribution in [0, 0.1) is 0 Å². The first kappa shape index (κ1) is 21.1. The van der Waals surface area contributed by atoms with Crippen LogP contribution in [0.1, 0.15) is 26.7 Å². The van der Waals surface area contributed by atoms with E-state index in [1.807, 2.05) is 31.2 Å². The van der Waals surface area contributed by atoms with Gasteiger partial charge in [-0.25, -0.2) is 8.42 Å². The number of nitrogens with one attached hydrogen (secondary N) is 2. The second-order valence-electron chi connectivity index (χ2n) is 6.95. The van der Waals surface area contributed by atoms with Gasteiger partial charge in [-0.05, 0) is 75.2 Å². The third-order valence-corrected chi connectivity index (χ3v) is 6.68. The van der Waals surface area contributed by atoms with Crippen LogP contribution < -0.4 is 15.4 Å². The van der Waals surface area contributed by atoms with E-state index in [9.17, 15) is 13.2 Å². The molecule has 1 fully saturated rings. The van der Waals surface area contributed by atoms with Gasteiger partial charge >= 0.3 is 0 Å². The third-order valence-electron chi connectivity index (χ3n) is 4.77. The van der Waals surface area contributed by atoms with E-state index in [4.69, 9.17) is 4.74 Å². The molecule has 2 N–H and O–H groups in total. The van der Waals surface area contributed by atoms with Crippen molar-refractivity contribution in [3.8, 4) is 5.75 Å². The Morgan fingerprint density at radius 1 is 1.03 bits per heavy atom. The van der Waals surface area contributed by atoms with Crippen molar-refractivity contribution in [1.29, 1.82) is 0 Å². The number of anilines is 2. The third kappa shape index (κ3) is 5.27. The highest BCUT2D eigenvalue weighted by atomic mass is 32.2. The SMILES string of the molecule is CCOc1ccc(N[C@H](C)C(=O)Nc2ccc(S(=O)(=O)N3CCCC3)cc2)cc1. The zero-order chi connectivity index (χ0) is 20.9. The molecule has 7 nitrogen and oxygen atoms in total. The molecule has 1 aliphatic rings. The number of sulfonamides is 1. The summed E-state index contributed by atoms with van der Waals surface area (Å²) in [7, 11) is -3.45. The summed E-state index contributed by atoms with van der Waals surface area (Å²) in [5.41, 5.74) is 1.36. The second kappa shape index (κ2) is 9.28. The van der Waals surface area contributed by atoms with Gasteiger partial charge in [-0.2, -0.15) is 4.31 Å². The molecule has 1 saturated heterocycles. The van der Waals surface area contributed by atoms with E-state index in [2.05, 4.69) is 10.6 Å². The van der Waals surface area contributed by atoms with Gasteiger partial charge in [0.25, 0.3) is 0 Å². The number of benzene rings is 2. The van der Waals surface area contributed by atoms with Crippen molar-refractivity contribution in [2.24, 2.45) is 0 Å². The van der Waals surface area contributed by atoms with Gasteiger partial charge in [0.1, 0.15) is 11.8 Å². The predicted molar refractivity (Wildman–Crippen MR) is 114 cm³/mol. The minimum Gasteiger partial charge on any atom is -0.494 e. The maximum atomic E-state index is 12.6. The summed E-state index contributed by atoms with van der Waals surface area (Å²) in [4.78, 5) is 12.7. The lowest BCUT2D eigenvalue weighted by Gasteiger charge is -2.17. The Balaban J connectivity index is 1.58.